The van der Waals surface area contributed by atoms with Gasteiger partial charge in [-0.2, -0.15) is 11.8 Å². The summed E-state index contributed by atoms with van der Waals surface area (Å²) in [4.78, 5) is 0. The molecule has 0 N–H and O–H groups in total. The van der Waals surface area contributed by atoms with Gasteiger partial charge < -0.3 is 0 Å². The van der Waals surface area contributed by atoms with Crippen LogP contribution in [0.3, 0.4) is 0 Å². The third kappa shape index (κ3) is 2.04. The van der Waals surface area contributed by atoms with E-state index < -0.39 is 9.05 Å². The van der Waals surface area contributed by atoms with Crippen molar-refractivity contribution in [2.24, 2.45) is 0 Å². The highest BCUT2D eigenvalue weighted by atomic mass is 35.7. The van der Waals surface area contributed by atoms with Crippen LogP contribution in [0.5, 0.6) is 0 Å². The molecule has 2 nitrogen and oxygen atoms in total. The van der Waals surface area contributed by atoms with E-state index in [2.05, 4.69) is 0 Å². The van der Waals surface area contributed by atoms with Crippen molar-refractivity contribution < 1.29 is 8.42 Å². The maximum absolute atomic E-state index is 11.0. The lowest BCUT2D eigenvalue weighted by Crippen LogP contribution is -2.32. The maximum atomic E-state index is 11.0. The lowest BCUT2D eigenvalue weighted by atomic mass is 10.1. The van der Waals surface area contributed by atoms with Crippen LogP contribution in [0.2, 0.25) is 0 Å². The molecule has 1 saturated heterocycles. The Hall–Kier alpha value is 0.590. The number of rotatable bonds is 1. The van der Waals surface area contributed by atoms with Gasteiger partial charge >= 0.3 is 0 Å². The van der Waals surface area contributed by atoms with Crippen LogP contribution >= 0.6 is 22.4 Å². The highest BCUT2D eigenvalue weighted by molar-refractivity contribution is 8.15. The quantitative estimate of drug-likeness (QED) is 0.625. The van der Waals surface area contributed by atoms with Gasteiger partial charge in [0.2, 0.25) is 9.05 Å². The Labute approximate surface area is 76.1 Å². The first-order valence-corrected chi connectivity index (χ1v) is 6.77. The molecule has 66 valence electrons. The van der Waals surface area contributed by atoms with Gasteiger partial charge in [0.1, 0.15) is 0 Å². The van der Waals surface area contributed by atoms with Crippen LogP contribution in [0.4, 0.5) is 0 Å². The molecule has 1 aliphatic heterocycles. The second-order valence-corrected chi connectivity index (χ2v) is 7.76. The summed E-state index contributed by atoms with van der Waals surface area (Å²) in [7, 11) is 1.92. The molecular formula is C6H11ClO2S2. The van der Waals surface area contributed by atoms with E-state index in [1.54, 1.807) is 11.8 Å². The molecule has 0 aromatic rings. The summed E-state index contributed by atoms with van der Waals surface area (Å²) in [5.41, 5.74) is 0. The first-order valence-electron chi connectivity index (χ1n) is 3.41. The number of hydrogen-bond acceptors (Lipinski definition) is 3. The zero-order chi connectivity index (χ0) is 8.70. The number of thioether (sulfide) groups is 1. The number of hydrogen-bond donors (Lipinski definition) is 0. The molecule has 1 atom stereocenters. The first-order chi connectivity index (χ1) is 4.84. The normalized spacial score (nSPS) is 30.6. The molecule has 1 unspecified atom stereocenters. The zero-order valence-electron chi connectivity index (χ0n) is 6.50. The largest absolute Gasteiger partial charge is 0.236 e. The van der Waals surface area contributed by atoms with Gasteiger partial charge in [0.25, 0.3) is 0 Å². The molecule has 0 aliphatic carbocycles. The van der Waals surface area contributed by atoms with Gasteiger partial charge in [-0.1, -0.05) is 0 Å². The molecular weight excluding hydrogens is 204 g/mol. The SMILES string of the molecule is CC1(C)SCCC1S(=O)(=O)Cl. The number of halogens is 1. The minimum Gasteiger partial charge on any atom is -0.212 e. The van der Waals surface area contributed by atoms with Crippen LogP contribution in [0, 0.1) is 0 Å². The molecule has 0 saturated carbocycles. The molecule has 0 spiro atoms. The second-order valence-electron chi connectivity index (χ2n) is 3.20. The minimum absolute atomic E-state index is 0.208. The predicted molar refractivity (Wildman–Crippen MR) is 49.7 cm³/mol. The van der Waals surface area contributed by atoms with Crippen LogP contribution in [-0.4, -0.2) is 24.2 Å². The van der Waals surface area contributed by atoms with Gasteiger partial charge in [0.05, 0.1) is 5.25 Å². The van der Waals surface area contributed by atoms with Gasteiger partial charge in [0.15, 0.2) is 0 Å². The highest BCUT2D eigenvalue weighted by Gasteiger charge is 2.42. The van der Waals surface area contributed by atoms with E-state index in [0.717, 1.165) is 5.75 Å². The van der Waals surface area contributed by atoms with Crippen LogP contribution < -0.4 is 0 Å². The summed E-state index contributed by atoms with van der Waals surface area (Å²) < 4.78 is 21.8. The van der Waals surface area contributed by atoms with Crippen molar-refractivity contribution in [3.63, 3.8) is 0 Å². The van der Waals surface area contributed by atoms with Crippen molar-refractivity contribution in [3.05, 3.63) is 0 Å². The average molecular weight is 215 g/mol. The molecule has 0 radical (unpaired) electrons. The molecule has 0 aromatic carbocycles. The molecule has 0 bridgehead atoms. The molecule has 11 heavy (non-hydrogen) atoms. The molecule has 1 rings (SSSR count). The van der Waals surface area contributed by atoms with Crippen molar-refractivity contribution in [1.29, 1.82) is 0 Å². The fraction of sp³-hybridized carbons (Fsp3) is 1.00. The third-order valence-electron chi connectivity index (χ3n) is 1.97. The van der Waals surface area contributed by atoms with Crippen molar-refractivity contribution in [2.45, 2.75) is 30.3 Å². The van der Waals surface area contributed by atoms with Crippen molar-refractivity contribution >= 4 is 31.5 Å². The summed E-state index contributed by atoms with van der Waals surface area (Å²) in [6.45, 7) is 3.85. The van der Waals surface area contributed by atoms with E-state index >= 15 is 0 Å². The van der Waals surface area contributed by atoms with Gasteiger partial charge in [-0.05, 0) is 26.0 Å². The smallest absolute Gasteiger partial charge is 0.212 e. The summed E-state index contributed by atoms with van der Waals surface area (Å²) in [5.74, 6) is 0.892. The summed E-state index contributed by atoms with van der Waals surface area (Å²) in [6.07, 6.45) is 0.684. The fourth-order valence-corrected chi connectivity index (χ4v) is 5.44. The Morgan fingerprint density at radius 2 is 2.09 bits per heavy atom. The van der Waals surface area contributed by atoms with Gasteiger partial charge in [-0.25, -0.2) is 8.42 Å². The standard InChI is InChI=1S/C6H11ClO2S2/c1-6(2)5(3-4-10-6)11(7,8)9/h5H,3-4H2,1-2H3. The van der Waals surface area contributed by atoms with E-state index in [1.165, 1.54) is 0 Å². The average Bonchev–Trinajstić information content (AvgIpc) is 2.06. The first kappa shape index (κ1) is 9.68. The monoisotopic (exact) mass is 214 g/mol. The predicted octanol–water partition coefficient (Wildman–Crippen LogP) is 1.84. The molecule has 0 amide bonds. The molecule has 0 aromatic heterocycles. The van der Waals surface area contributed by atoms with E-state index in [9.17, 15) is 8.42 Å². The Bertz CT molecular complexity index is 245. The van der Waals surface area contributed by atoms with E-state index in [4.69, 9.17) is 10.7 Å². The summed E-state index contributed by atoms with van der Waals surface area (Å²) >= 11 is 1.67. The van der Waals surface area contributed by atoms with Gasteiger partial charge in [-0.15, -0.1) is 0 Å². The Balaban J connectivity index is 2.91. The minimum atomic E-state index is -3.36. The van der Waals surface area contributed by atoms with Crippen molar-refractivity contribution in [2.75, 3.05) is 5.75 Å². The highest BCUT2D eigenvalue weighted by Crippen LogP contribution is 2.42. The van der Waals surface area contributed by atoms with E-state index in [-0.39, 0.29) is 10.00 Å². The Morgan fingerprint density at radius 3 is 2.27 bits per heavy atom. The Morgan fingerprint density at radius 1 is 1.55 bits per heavy atom. The molecule has 1 heterocycles. The Kier molecular flexibility index (Phi) is 2.48. The van der Waals surface area contributed by atoms with Crippen LogP contribution in [0.15, 0.2) is 0 Å². The van der Waals surface area contributed by atoms with Gasteiger partial charge in [0, 0.05) is 15.4 Å². The van der Waals surface area contributed by atoms with Crippen LogP contribution in [-0.2, 0) is 9.05 Å². The van der Waals surface area contributed by atoms with Crippen LogP contribution in [0.1, 0.15) is 20.3 Å². The van der Waals surface area contributed by atoms with E-state index in [1.807, 2.05) is 13.8 Å². The molecule has 5 heteroatoms. The van der Waals surface area contributed by atoms with Gasteiger partial charge in [-0.3, -0.25) is 0 Å². The zero-order valence-corrected chi connectivity index (χ0v) is 8.89. The topological polar surface area (TPSA) is 34.1 Å². The van der Waals surface area contributed by atoms with Crippen molar-refractivity contribution in [3.8, 4) is 0 Å². The fourth-order valence-electron chi connectivity index (χ4n) is 1.35. The second kappa shape index (κ2) is 2.82. The maximum Gasteiger partial charge on any atom is 0.236 e. The third-order valence-corrected chi connectivity index (χ3v) is 5.74. The van der Waals surface area contributed by atoms with E-state index in [0.29, 0.717) is 6.42 Å². The van der Waals surface area contributed by atoms with Crippen molar-refractivity contribution in [1.82, 2.24) is 0 Å². The lowest BCUT2D eigenvalue weighted by Gasteiger charge is -2.22. The summed E-state index contributed by atoms with van der Waals surface area (Å²) in [6, 6.07) is 0. The lowest BCUT2D eigenvalue weighted by molar-refractivity contribution is 0.569. The molecule has 1 aliphatic rings. The molecule has 1 fully saturated rings. The summed E-state index contributed by atoms with van der Waals surface area (Å²) in [5, 5.41) is -0.373. The van der Waals surface area contributed by atoms with Crippen LogP contribution in [0.25, 0.3) is 0 Å².